The van der Waals surface area contributed by atoms with Crippen LogP contribution < -0.4 is 14.9 Å². The summed E-state index contributed by atoms with van der Waals surface area (Å²) in [6.45, 7) is 3.16. The highest BCUT2D eigenvalue weighted by molar-refractivity contribution is 7.07. The summed E-state index contributed by atoms with van der Waals surface area (Å²) in [5.74, 6) is 0.589. The molecule has 0 bridgehead atoms. The Bertz CT molecular complexity index is 1020. The predicted molar refractivity (Wildman–Crippen MR) is 108 cm³/mol. The number of hydrogen-bond acceptors (Lipinski definition) is 4. The molecular formula is C21H21N3O2S. The predicted octanol–water partition coefficient (Wildman–Crippen LogP) is 4.58. The first kappa shape index (κ1) is 17.5. The maximum Gasteiger partial charge on any atom is 0.262 e. The van der Waals surface area contributed by atoms with Crippen LogP contribution in [-0.4, -0.2) is 17.1 Å². The summed E-state index contributed by atoms with van der Waals surface area (Å²) in [6.07, 6.45) is 2.19. The number of ether oxygens (including phenoxy) is 1. The van der Waals surface area contributed by atoms with Gasteiger partial charge >= 0.3 is 0 Å². The molecule has 4 rings (SSSR count). The lowest BCUT2D eigenvalue weighted by atomic mass is 10.1. The number of aromatic nitrogens is 1. The first-order chi connectivity index (χ1) is 13.2. The van der Waals surface area contributed by atoms with Crippen molar-refractivity contribution in [2.45, 2.75) is 26.3 Å². The van der Waals surface area contributed by atoms with E-state index in [1.807, 2.05) is 48.5 Å². The van der Waals surface area contributed by atoms with Crippen LogP contribution in [-0.2, 0) is 11.3 Å². The third-order valence-electron chi connectivity index (χ3n) is 4.42. The third-order valence-corrected chi connectivity index (χ3v) is 5.29. The molecule has 2 heterocycles. The second kappa shape index (κ2) is 7.80. The average molecular weight is 379 g/mol. The third kappa shape index (κ3) is 3.80. The second-order valence-electron chi connectivity index (χ2n) is 6.40. The number of amides is 1. The van der Waals surface area contributed by atoms with Gasteiger partial charge in [0.15, 0.2) is 11.4 Å². The van der Waals surface area contributed by atoms with Crippen molar-refractivity contribution in [3.05, 3.63) is 58.7 Å². The van der Waals surface area contributed by atoms with Crippen LogP contribution in [0.5, 0.6) is 5.75 Å². The summed E-state index contributed by atoms with van der Waals surface area (Å²) in [5.41, 5.74) is 3.81. The molecule has 0 atom stereocenters. The number of carbonyl (C=O) groups is 1. The zero-order valence-electron chi connectivity index (χ0n) is 15.1. The van der Waals surface area contributed by atoms with Crippen molar-refractivity contribution in [1.82, 2.24) is 4.57 Å². The molecule has 0 spiro atoms. The molecule has 1 N–H and O–H groups in total. The minimum atomic E-state index is -0.122. The van der Waals surface area contributed by atoms with E-state index in [1.54, 1.807) is 11.3 Å². The minimum Gasteiger partial charge on any atom is -0.482 e. The van der Waals surface area contributed by atoms with Crippen LogP contribution in [0.4, 0.5) is 11.4 Å². The Morgan fingerprint density at radius 2 is 2.07 bits per heavy atom. The van der Waals surface area contributed by atoms with Crippen molar-refractivity contribution in [2.24, 2.45) is 4.99 Å². The fourth-order valence-corrected chi connectivity index (χ4v) is 3.99. The van der Waals surface area contributed by atoms with Gasteiger partial charge in [-0.2, -0.15) is 0 Å². The Morgan fingerprint density at radius 1 is 1.22 bits per heavy atom. The van der Waals surface area contributed by atoms with E-state index < -0.39 is 0 Å². The summed E-state index contributed by atoms with van der Waals surface area (Å²) >= 11 is 1.63. The van der Waals surface area contributed by atoms with Gasteiger partial charge in [-0.05, 0) is 36.8 Å². The zero-order valence-corrected chi connectivity index (χ0v) is 16.0. The highest BCUT2D eigenvalue weighted by Crippen LogP contribution is 2.33. The van der Waals surface area contributed by atoms with E-state index in [0.717, 1.165) is 46.8 Å². The smallest absolute Gasteiger partial charge is 0.262 e. The Labute approximate surface area is 162 Å². The quantitative estimate of drug-likeness (QED) is 0.705. The van der Waals surface area contributed by atoms with Gasteiger partial charge in [-0.25, -0.2) is 4.99 Å². The van der Waals surface area contributed by atoms with Gasteiger partial charge in [0.25, 0.3) is 5.91 Å². The Kier molecular flexibility index (Phi) is 5.07. The average Bonchev–Trinajstić information content (AvgIpc) is 3.09. The SMILES string of the molecule is CCCCn1c(-c2ccc3c(c2)NC(=O)CO3)csc1=Nc1ccccc1. The molecule has 1 aliphatic heterocycles. The monoisotopic (exact) mass is 379 g/mol. The van der Waals surface area contributed by atoms with Crippen molar-refractivity contribution >= 4 is 28.6 Å². The molecular weight excluding hydrogens is 358 g/mol. The highest BCUT2D eigenvalue weighted by atomic mass is 32.1. The van der Waals surface area contributed by atoms with E-state index in [1.165, 1.54) is 0 Å². The summed E-state index contributed by atoms with van der Waals surface area (Å²) < 4.78 is 7.73. The van der Waals surface area contributed by atoms with Crippen molar-refractivity contribution in [3.63, 3.8) is 0 Å². The molecule has 0 fully saturated rings. The topological polar surface area (TPSA) is 55.6 Å². The molecule has 1 aliphatic rings. The van der Waals surface area contributed by atoms with Crippen LogP contribution in [0.2, 0.25) is 0 Å². The number of hydrogen-bond donors (Lipinski definition) is 1. The number of nitrogens with one attached hydrogen (secondary N) is 1. The number of unbranched alkanes of at least 4 members (excludes halogenated alkanes) is 1. The molecule has 0 unspecified atom stereocenters. The molecule has 1 amide bonds. The maximum absolute atomic E-state index is 11.6. The molecule has 3 aromatic rings. The molecule has 0 aliphatic carbocycles. The Balaban J connectivity index is 1.78. The summed E-state index contributed by atoms with van der Waals surface area (Å²) in [5, 5.41) is 5.02. The van der Waals surface area contributed by atoms with Gasteiger partial charge in [-0.15, -0.1) is 11.3 Å². The van der Waals surface area contributed by atoms with Crippen LogP contribution in [0.1, 0.15) is 19.8 Å². The fraction of sp³-hybridized carbons (Fsp3) is 0.238. The summed E-state index contributed by atoms with van der Waals surface area (Å²) in [7, 11) is 0. The van der Waals surface area contributed by atoms with Crippen molar-refractivity contribution in [2.75, 3.05) is 11.9 Å². The van der Waals surface area contributed by atoms with Gasteiger partial charge in [0.05, 0.1) is 17.1 Å². The van der Waals surface area contributed by atoms with E-state index in [9.17, 15) is 4.79 Å². The first-order valence-electron chi connectivity index (χ1n) is 9.10. The van der Waals surface area contributed by atoms with E-state index in [-0.39, 0.29) is 12.5 Å². The maximum atomic E-state index is 11.6. The normalized spacial score (nSPS) is 13.8. The number of anilines is 1. The van der Waals surface area contributed by atoms with Crippen LogP contribution in [0.3, 0.4) is 0 Å². The lowest BCUT2D eigenvalue weighted by molar-refractivity contribution is -0.118. The molecule has 27 heavy (non-hydrogen) atoms. The second-order valence-corrected chi connectivity index (χ2v) is 7.24. The molecule has 5 nitrogen and oxygen atoms in total. The largest absolute Gasteiger partial charge is 0.482 e. The van der Waals surface area contributed by atoms with Crippen LogP contribution in [0, 0.1) is 0 Å². The van der Waals surface area contributed by atoms with Crippen LogP contribution >= 0.6 is 11.3 Å². The number of fused-ring (bicyclic) bond motifs is 1. The number of rotatable bonds is 5. The molecule has 0 saturated carbocycles. The molecule has 2 aromatic carbocycles. The lowest BCUT2D eigenvalue weighted by Crippen LogP contribution is -2.25. The lowest BCUT2D eigenvalue weighted by Gasteiger charge is -2.19. The van der Waals surface area contributed by atoms with E-state index >= 15 is 0 Å². The van der Waals surface area contributed by atoms with Crippen molar-refractivity contribution < 1.29 is 9.53 Å². The van der Waals surface area contributed by atoms with Crippen molar-refractivity contribution in [3.8, 4) is 17.0 Å². The fourth-order valence-electron chi connectivity index (χ4n) is 3.04. The highest BCUT2D eigenvalue weighted by Gasteiger charge is 2.17. The number of nitrogens with zero attached hydrogens (tertiary/aromatic N) is 2. The van der Waals surface area contributed by atoms with E-state index in [2.05, 4.69) is 22.2 Å². The molecule has 1 aromatic heterocycles. The van der Waals surface area contributed by atoms with Crippen molar-refractivity contribution in [1.29, 1.82) is 0 Å². The van der Waals surface area contributed by atoms with E-state index in [0.29, 0.717) is 5.75 Å². The Morgan fingerprint density at radius 3 is 2.89 bits per heavy atom. The van der Waals surface area contributed by atoms with Gasteiger partial charge < -0.3 is 14.6 Å². The summed E-state index contributed by atoms with van der Waals surface area (Å²) in [4.78, 5) is 17.4. The van der Waals surface area contributed by atoms with Gasteiger partial charge in [-0.3, -0.25) is 4.79 Å². The first-order valence-corrected chi connectivity index (χ1v) is 9.98. The van der Waals surface area contributed by atoms with Crippen LogP contribution in [0.15, 0.2) is 58.9 Å². The van der Waals surface area contributed by atoms with Crippen LogP contribution in [0.25, 0.3) is 11.3 Å². The number of thiazole rings is 1. The van der Waals surface area contributed by atoms with Gasteiger partial charge in [0, 0.05) is 17.5 Å². The standard InChI is InChI=1S/C21H21N3O2S/c1-2-3-11-24-18(14-27-21(24)22-16-7-5-4-6-8-16)15-9-10-19-17(12-15)23-20(25)13-26-19/h4-10,12,14H,2-3,11,13H2,1H3,(H,23,25). The number of para-hydroxylation sites is 1. The molecule has 0 saturated heterocycles. The van der Waals surface area contributed by atoms with Gasteiger partial charge in [0.1, 0.15) is 5.75 Å². The van der Waals surface area contributed by atoms with Gasteiger partial charge in [0.2, 0.25) is 0 Å². The number of carbonyl (C=O) groups excluding carboxylic acids is 1. The minimum absolute atomic E-state index is 0.0708. The number of benzene rings is 2. The molecule has 138 valence electrons. The Hall–Kier alpha value is -2.86. The molecule has 6 heteroatoms. The zero-order chi connectivity index (χ0) is 18.6. The molecule has 0 radical (unpaired) electrons. The van der Waals surface area contributed by atoms with Gasteiger partial charge in [-0.1, -0.05) is 31.5 Å². The van der Waals surface area contributed by atoms with E-state index in [4.69, 9.17) is 9.73 Å². The summed E-state index contributed by atoms with van der Waals surface area (Å²) in [6, 6.07) is 15.9.